The van der Waals surface area contributed by atoms with E-state index in [0.717, 1.165) is 11.1 Å². The molecule has 124 valence electrons. The van der Waals surface area contributed by atoms with Gasteiger partial charge in [0.25, 0.3) is 5.56 Å². The second-order valence-corrected chi connectivity index (χ2v) is 6.34. The summed E-state index contributed by atoms with van der Waals surface area (Å²) in [6.07, 6.45) is 2.64. The normalized spacial score (nSPS) is 14.8. The third kappa shape index (κ3) is 2.72. The fourth-order valence-electron chi connectivity index (χ4n) is 3.05. The van der Waals surface area contributed by atoms with Gasteiger partial charge in [0.15, 0.2) is 0 Å². The Hall–Kier alpha value is -2.92. The van der Waals surface area contributed by atoms with Crippen LogP contribution in [0.25, 0.3) is 22.6 Å². The molecular weight excluding hydrogens is 340 g/mol. The van der Waals surface area contributed by atoms with Crippen LogP contribution in [0.5, 0.6) is 0 Å². The molecule has 0 saturated heterocycles. The van der Waals surface area contributed by atoms with Crippen molar-refractivity contribution in [1.82, 2.24) is 9.55 Å². The average Bonchev–Trinajstić information content (AvgIpc) is 2.98. The first kappa shape index (κ1) is 15.6. The number of hydrogen-bond donors (Lipinski definition) is 1. The zero-order valence-corrected chi connectivity index (χ0v) is 13.8. The molecule has 0 radical (unpaired) electrons. The third-order valence-corrected chi connectivity index (χ3v) is 4.54. The van der Waals surface area contributed by atoms with Gasteiger partial charge < -0.3 is 5.11 Å². The summed E-state index contributed by atoms with van der Waals surface area (Å²) >= 11 is 6.02. The molecule has 5 nitrogen and oxygen atoms in total. The lowest BCUT2D eigenvalue weighted by Crippen LogP contribution is -2.20. The number of carbonyl (C=O) groups is 1. The van der Waals surface area contributed by atoms with Gasteiger partial charge in [-0.1, -0.05) is 23.7 Å². The summed E-state index contributed by atoms with van der Waals surface area (Å²) in [5.41, 5.74) is 2.57. The van der Waals surface area contributed by atoms with Crippen molar-refractivity contribution in [1.29, 1.82) is 0 Å². The number of aromatic nitrogens is 2. The maximum atomic E-state index is 12.6. The predicted molar refractivity (Wildman–Crippen MR) is 96.9 cm³/mol. The Morgan fingerprint density at radius 2 is 1.96 bits per heavy atom. The minimum Gasteiger partial charge on any atom is -0.478 e. The number of halogens is 1. The number of allylic oxidation sites excluding steroid dienone is 1. The number of nitrogens with zero attached hydrogens (tertiary/aromatic N) is 2. The molecule has 6 heteroatoms. The monoisotopic (exact) mass is 352 g/mol. The summed E-state index contributed by atoms with van der Waals surface area (Å²) in [4.78, 5) is 28.2. The molecule has 1 aromatic heterocycles. The molecule has 0 atom stereocenters. The Morgan fingerprint density at radius 3 is 2.68 bits per heavy atom. The lowest BCUT2D eigenvalue weighted by Gasteiger charge is -2.06. The second-order valence-electron chi connectivity index (χ2n) is 5.90. The van der Waals surface area contributed by atoms with Crippen molar-refractivity contribution in [2.24, 2.45) is 0 Å². The first-order valence-corrected chi connectivity index (χ1v) is 8.15. The third-order valence-electron chi connectivity index (χ3n) is 4.31. The van der Waals surface area contributed by atoms with Gasteiger partial charge in [0.2, 0.25) is 0 Å². The van der Waals surface area contributed by atoms with Crippen LogP contribution in [-0.4, -0.2) is 20.6 Å². The molecule has 4 rings (SSSR count). The molecule has 2 aromatic carbocycles. The summed E-state index contributed by atoms with van der Waals surface area (Å²) < 4.78 is 1.67. The highest BCUT2D eigenvalue weighted by atomic mass is 35.5. The van der Waals surface area contributed by atoms with Crippen molar-refractivity contribution in [3.8, 4) is 0 Å². The minimum atomic E-state index is -0.956. The lowest BCUT2D eigenvalue weighted by atomic mass is 10.1. The van der Waals surface area contributed by atoms with E-state index in [-0.39, 0.29) is 11.1 Å². The van der Waals surface area contributed by atoms with E-state index in [1.807, 2.05) is 6.08 Å². The smallest absolute Gasteiger partial charge is 0.335 e. The van der Waals surface area contributed by atoms with Crippen molar-refractivity contribution in [2.45, 2.75) is 13.0 Å². The molecular formula is C19H13ClN2O3. The Kier molecular flexibility index (Phi) is 3.66. The molecule has 3 aromatic rings. The predicted octanol–water partition coefficient (Wildman–Crippen LogP) is 3.69. The van der Waals surface area contributed by atoms with Crippen molar-refractivity contribution < 1.29 is 9.90 Å². The van der Waals surface area contributed by atoms with Crippen LogP contribution >= 0.6 is 11.6 Å². The highest BCUT2D eigenvalue weighted by Gasteiger charge is 2.20. The molecule has 0 saturated carbocycles. The van der Waals surface area contributed by atoms with E-state index in [9.17, 15) is 9.59 Å². The highest BCUT2D eigenvalue weighted by Crippen LogP contribution is 2.28. The topological polar surface area (TPSA) is 72.2 Å². The molecule has 2 heterocycles. The van der Waals surface area contributed by atoms with Crippen LogP contribution in [0.15, 0.2) is 47.3 Å². The molecule has 0 aliphatic carbocycles. The van der Waals surface area contributed by atoms with E-state index < -0.39 is 5.97 Å². The van der Waals surface area contributed by atoms with E-state index in [0.29, 0.717) is 34.7 Å². The number of benzene rings is 2. The van der Waals surface area contributed by atoms with E-state index in [2.05, 4.69) is 4.98 Å². The fraction of sp³-hybridized carbons (Fsp3) is 0.105. The average molecular weight is 353 g/mol. The first-order valence-electron chi connectivity index (χ1n) is 7.77. The Morgan fingerprint density at radius 1 is 1.20 bits per heavy atom. The van der Waals surface area contributed by atoms with Gasteiger partial charge in [-0.05, 0) is 54.0 Å². The van der Waals surface area contributed by atoms with E-state index in [4.69, 9.17) is 16.7 Å². The number of fused-ring (bicyclic) bond motifs is 2. The van der Waals surface area contributed by atoms with Gasteiger partial charge in [-0.15, -0.1) is 0 Å². The van der Waals surface area contributed by atoms with Gasteiger partial charge in [-0.2, -0.15) is 0 Å². The summed E-state index contributed by atoms with van der Waals surface area (Å²) in [7, 11) is 0. The largest absolute Gasteiger partial charge is 0.478 e. The molecule has 0 fully saturated rings. The second kappa shape index (κ2) is 5.86. The van der Waals surface area contributed by atoms with Crippen molar-refractivity contribution in [3.05, 3.63) is 74.8 Å². The molecule has 0 amide bonds. The molecule has 1 N–H and O–H groups in total. The number of carboxylic acids is 1. The van der Waals surface area contributed by atoms with Crippen LogP contribution < -0.4 is 5.56 Å². The van der Waals surface area contributed by atoms with Gasteiger partial charge in [-0.3, -0.25) is 9.36 Å². The summed E-state index contributed by atoms with van der Waals surface area (Å²) in [6, 6.07) is 11.7. The zero-order valence-electron chi connectivity index (χ0n) is 13.1. The number of aromatic carboxylic acids is 1. The number of carboxylic acid groups (broad SMARTS) is 1. The van der Waals surface area contributed by atoms with E-state index in [1.54, 1.807) is 47.0 Å². The van der Waals surface area contributed by atoms with Gasteiger partial charge in [0, 0.05) is 11.6 Å². The van der Waals surface area contributed by atoms with Crippen molar-refractivity contribution >= 4 is 40.1 Å². The summed E-state index contributed by atoms with van der Waals surface area (Å²) in [5.74, 6) is -0.316. The molecule has 0 spiro atoms. The molecule has 25 heavy (non-hydrogen) atoms. The summed E-state index contributed by atoms with van der Waals surface area (Å²) in [6.45, 7) is 0.582. The van der Waals surface area contributed by atoms with Crippen LogP contribution in [-0.2, 0) is 6.54 Å². The van der Waals surface area contributed by atoms with Crippen LogP contribution in [0.2, 0.25) is 5.02 Å². The number of hydrogen-bond acceptors (Lipinski definition) is 3. The number of rotatable bonds is 2. The fourth-order valence-corrected chi connectivity index (χ4v) is 3.22. The quantitative estimate of drug-likeness (QED) is 0.763. The minimum absolute atomic E-state index is 0.0682. The highest BCUT2D eigenvalue weighted by molar-refractivity contribution is 6.31. The van der Waals surface area contributed by atoms with Crippen molar-refractivity contribution in [2.75, 3.05) is 0 Å². The molecule has 0 unspecified atom stereocenters. The van der Waals surface area contributed by atoms with Gasteiger partial charge in [0.1, 0.15) is 5.82 Å². The Balaban J connectivity index is 1.82. The van der Waals surface area contributed by atoms with Crippen LogP contribution in [0, 0.1) is 0 Å². The standard InChI is InChI=1S/C19H13ClN2O3/c20-14-5-6-15-16(10-14)21-17-13(7-8-22(17)18(15)23)9-11-1-3-12(4-2-11)19(24)25/h1-6,9-10H,7-8H2,(H,24,25)/b13-9+. The maximum absolute atomic E-state index is 12.6. The van der Waals surface area contributed by atoms with E-state index in [1.165, 1.54) is 0 Å². The zero-order chi connectivity index (χ0) is 17.6. The molecule has 1 aliphatic rings. The Bertz CT molecular complexity index is 1100. The Labute approximate surface area is 147 Å². The van der Waals surface area contributed by atoms with Gasteiger partial charge in [0.05, 0.1) is 16.5 Å². The van der Waals surface area contributed by atoms with Crippen molar-refractivity contribution in [3.63, 3.8) is 0 Å². The van der Waals surface area contributed by atoms with Gasteiger partial charge in [-0.25, -0.2) is 9.78 Å². The van der Waals surface area contributed by atoms with Gasteiger partial charge >= 0.3 is 5.97 Å². The first-order chi connectivity index (χ1) is 12.0. The van der Waals surface area contributed by atoms with Crippen LogP contribution in [0.3, 0.4) is 0 Å². The lowest BCUT2D eigenvalue weighted by molar-refractivity contribution is 0.0697. The van der Waals surface area contributed by atoms with Crippen LogP contribution in [0.4, 0.5) is 0 Å². The van der Waals surface area contributed by atoms with E-state index >= 15 is 0 Å². The van der Waals surface area contributed by atoms with Crippen LogP contribution in [0.1, 0.15) is 28.2 Å². The molecule has 0 bridgehead atoms. The maximum Gasteiger partial charge on any atom is 0.335 e. The molecule has 1 aliphatic heterocycles. The SMILES string of the molecule is O=C(O)c1ccc(/C=C2\CCn3c2nc2cc(Cl)ccc2c3=O)cc1. The summed E-state index contributed by atoms with van der Waals surface area (Å²) in [5, 5.41) is 10.1.